The molecule has 0 saturated heterocycles. The third kappa shape index (κ3) is 8.48. The smallest absolute Gasteiger partial charge is 0.366 e. The minimum atomic E-state index is -4.62. The lowest BCUT2D eigenvalue weighted by atomic mass is 9.91. The van der Waals surface area contributed by atoms with Crippen molar-refractivity contribution in [3.63, 3.8) is 0 Å². The number of nitrogens with two attached hydrogens (primary N) is 2. The fraction of sp³-hybridized carbons (Fsp3) is 0.308. The van der Waals surface area contributed by atoms with Crippen molar-refractivity contribution >= 4 is 34.2 Å². The minimum absolute atomic E-state index is 0.0547. The molecular formula is C26H24F7N5O3S. The molecule has 0 aliphatic heterocycles. The molecule has 8 nitrogen and oxygen atoms in total. The predicted octanol–water partition coefficient (Wildman–Crippen LogP) is 4.97. The summed E-state index contributed by atoms with van der Waals surface area (Å²) in [4.78, 5) is 43.7. The zero-order chi connectivity index (χ0) is 31.4. The molecule has 1 heterocycles. The summed E-state index contributed by atoms with van der Waals surface area (Å²) in [7, 11) is 0. The Morgan fingerprint density at radius 3 is 2.17 bits per heavy atom. The Balaban J connectivity index is 0.000000730. The van der Waals surface area contributed by atoms with Crippen molar-refractivity contribution in [3.05, 3.63) is 70.0 Å². The molecule has 0 bridgehead atoms. The highest BCUT2D eigenvalue weighted by Crippen LogP contribution is 2.37. The Hall–Kier alpha value is -4.05. The van der Waals surface area contributed by atoms with Crippen molar-refractivity contribution in [2.75, 3.05) is 18.0 Å². The summed E-state index contributed by atoms with van der Waals surface area (Å²) in [6.07, 6.45) is -5.83. The van der Waals surface area contributed by atoms with Crippen LogP contribution in [-0.4, -0.2) is 54.2 Å². The van der Waals surface area contributed by atoms with Crippen LogP contribution in [0.5, 0.6) is 0 Å². The number of aromatic nitrogens is 1. The molecule has 2 aromatic carbocycles. The van der Waals surface area contributed by atoms with Crippen molar-refractivity contribution in [2.45, 2.75) is 38.2 Å². The SMILES string of the molecule is Cc1c(F)cc(C(N)=O)cc1-c1ccc(C(=O)NCC(F)(F)F)cc1C(=O)N(c1nccs1)C1CC1.NCC(F)(F)F. The van der Waals surface area contributed by atoms with Gasteiger partial charge in [-0.1, -0.05) is 6.07 Å². The van der Waals surface area contributed by atoms with Crippen molar-refractivity contribution < 1.29 is 45.1 Å². The Kier molecular flexibility index (Phi) is 9.94. The standard InChI is InChI=1S/C24H20F4N4O3S.C2H4F3N/c1-12-17(9-14(20(29)33)10-19(12)25)16-5-2-13(21(34)31-11-24(26,27)28)8-18(16)22(35)32(15-3-4-15)23-30-6-7-36-23;3-2(4,5)1-6/h2,5-10,15H,3-4,11H2,1H3,(H2,29,33)(H,31,34);1,6H2. The van der Waals surface area contributed by atoms with Crippen LogP contribution in [0.2, 0.25) is 0 Å². The number of anilines is 1. The van der Waals surface area contributed by atoms with Gasteiger partial charge in [0.05, 0.1) is 6.54 Å². The molecule has 1 aliphatic carbocycles. The second-order valence-electron chi connectivity index (χ2n) is 9.09. The first-order valence-corrected chi connectivity index (χ1v) is 13.0. The first-order chi connectivity index (χ1) is 19.5. The van der Waals surface area contributed by atoms with Crippen LogP contribution in [0.25, 0.3) is 11.1 Å². The van der Waals surface area contributed by atoms with Gasteiger partial charge in [-0.25, -0.2) is 9.37 Å². The molecule has 1 fully saturated rings. The number of alkyl halides is 6. The van der Waals surface area contributed by atoms with E-state index in [4.69, 9.17) is 5.73 Å². The first-order valence-electron chi connectivity index (χ1n) is 12.1. The number of halogens is 7. The Labute approximate surface area is 238 Å². The van der Waals surface area contributed by atoms with Gasteiger partial charge in [0.1, 0.15) is 12.4 Å². The van der Waals surface area contributed by atoms with E-state index in [0.717, 1.165) is 18.9 Å². The molecule has 0 unspecified atom stereocenters. The molecule has 16 heteroatoms. The minimum Gasteiger partial charge on any atom is -0.366 e. The molecule has 5 N–H and O–H groups in total. The third-order valence-electron chi connectivity index (χ3n) is 5.87. The van der Waals surface area contributed by atoms with Gasteiger partial charge in [-0.15, -0.1) is 11.3 Å². The highest BCUT2D eigenvalue weighted by Gasteiger charge is 2.37. The van der Waals surface area contributed by atoms with Gasteiger partial charge in [-0.05, 0) is 60.7 Å². The lowest BCUT2D eigenvalue weighted by molar-refractivity contribution is -0.123. The number of benzene rings is 2. The molecule has 226 valence electrons. The van der Waals surface area contributed by atoms with Crippen molar-refractivity contribution in [3.8, 4) is 11.1 Å². The van der Waals surface area contributed by atoms with Gasteiger partial charge in [0.25, 0.3) is 11.8 Å². The van der Waals surface area contributed by atoms with Crippen molar-refractivity contribution in [2.24, 2.45) is 11.5 Å². The van der Waals surface area contributed by atoms with E-state index in [1.807, 2.05) is 0 Å². The number of carbonyl (C=O) groups excluding carboxylic acids is 3. The lowest BCUT2D eigenvalue weighted by Crippen LogP contribution is -2.35. The van der Waals surface area contributed by atoms with E-state index in [0.29, 0.717) is 5.13 Å². The van der Waals surface area contributed by atoms with Crippen LogP contribution in [0.1, 0.15) is 49.5 Å². The molecule has 4 rings (SSSR count). The van der Waals surface area contributed by atoms with Crippen molar-refractivity contribution in [1.29, 1.82) is 0 Å². The summed E-state index contributed by atoms with van der Waals surface area (Å²) < 4.78 is 84.5. The van der Waals surface area contributed by atoms with E-state index in [9.17, 15) is 45.1 Å². The monoisotopic (exact) mass is 619 g/mol. The molecule has 0 atom stereocenters. The largest absolute Gasteiger partial charge is 0.405 e. The number of hydrogen-bond donors (Lipinski definition) is 3. The van der Waals surface area contributed by atoms with E-state index in [1.54, 1.807) is 10.7 Å². The topological polar surface area (TPSA) is 131 Å². The summed E-state index contributed by atoms with van der Waals surface area (Å²) in [6, 6.07) is 5.91. The molecule has 3 aromatic rings. The van der Waals surface area contributed by atoms with E-state index in [2.05, 4.69) is 10.7 Å². The van der Waals surface area contributed by atoms with Crippen LogP contribution in [0, 0.1) is 12.7 Å². The number of amides is 3. The number of hydrogen-bond acceptors (Lipinski definition) is 6. The first kappa shape index (κ1) is 32.5. The van der Waals surface area contributed by atoms with E-state index in [1.165, 1.54) is 53.6 Å². The number of nitrogens with zero attached hydrogens (tertiary/aromatic N) is 2. The highest BCUT2D eigenvalue weighted by molar-refractivity contribution is 7.13. The number of thiazole rings is 1. The average molecular weight is 620 g/mol. The van der Waals surface area contributed by atoms with Gasteiger partial charge in [0.15, 0.2) is 5.13 Å². The third-order valence-corrected chi connectivity index (χ3v) is 6.64. The number of carbonyl (C=O) groups is 3. The van der Waals surface area contributed by atoms with Gasteiger partial charge < -0.3 is 16.8 Å². The maximum absolute atomic E-state index is 14.7. The average Bonchev–Trinajstić information content (AvgIpc) is 3.60. The quantitative estimate of drug-likeness (QED) is 0.322. The van der Waals surface area contributed by atoms with Crippen LogP contribution in [0.15, 0.2) is 41.9 Å². The van der Waals surface area contributed by atoms with Gasteiger partial charge in [-0.2, -0.15) is 26.3 Å². The summed E-state index contributed by atoms with van der Waals surface area (Å²) in [6.45, 7) is -1.32. The van der Waals surface area contributed by atoms with E-state index in [-0.39, 0.29) is 39.4 Å². The Bertz CT molecular complexity index is 1460. The van der Waals surface area contributed by atoms with Crippen LogP contribution < -0.4 is 21.7 Å². The molecule has 1 aromatic heterocycles. The fourth-order valence-electron chi connectivity index (χ4n) is 3.69. The molecular weight excluding hydrogens is 595 g/mol. The zero-order valence-corrected chi connectivity index (χ0v) is 22.6. The van der Waals surface area contributed by atoms with Gasteiger partial charge in [0, 0.05) is 34.3 Å². The number of nitrogens with one attached hydrogen (secondary N) is 1. The van der Waals surface area contributed by atoms with Gasteiger partial charge in [0.2, 0.25) is 5.91 Å². The van der Waals surface area contributed by atoms with Crippen LogP contribution in [-0.2, 0) is 0 Å². The molecule has 3 amide bonds. The Morgan fingerprint density at radius 2 is 1.67 bits per heavy atom. The van der Waals surface area contributed by atoms with Crippen LogP contribution in [0.3, 0.4) is 0 Å². The van der Waals surface area contributed by atoms with Gasteiger partial charge in [-0.3, -0.25) is 19.3 Å². The second kappa shape index (κ2) is 12.9. The number of rotatable bonds is 7. The summed E-state index contributed by atoms with van der Waals surface area (Å²) in [5, 5.41) is 3.88. The normalized spacial score (nSPS) is 13.2. The maximum atomic E-state index is 14.7. The fourth-order valence-corrected chi connectivity index (χ4v) is 4.40. The van der Waals surface area contributed by atoms with Crippen LogP contribution in [0.4, 0.5) is 35.9 Å². The summed E-state index contributed by atoms with van der Waals surface area (Å²) in [5.41, 5.74) is 9.64. The molecule has 1 saturated carbocycles. The van der Waals surface area contributed by atoms with Crippen LogP contribution >= 0.6 is 11.3 Å². The predicted molar refractivity (Wildman–Crippen MR) is 141 cm³/mol. The van der Waals surface area contributed by atoms with Crippen molar-refractivity contribution in [1.82, 2.24) is 10.3 Å². The van der Waals surface area contributed by atoms with E-state index >= 15 is 0 Å². The zero-order valence-electron chi connectivity index (χ0n) is 21.8. The number of primary amides is 1. The maximum Gasteiger partial charge on any atom is 0.405 e. The molecule has 42 heavy (non-hydrogen) atoms. The molecule has 0 spiro atoms. The van der Waals surface area contributed by atoms with Gasteiger partial charge >= 0.3 is 12.4 Å². The van der Waals surface area contributed by atoms with E-state index < -0.39 is 49.0 Å². The second-order valence-corrected chi connectivity index (χ2v) is 9.97. The molecule has 1 aliphatic rings. The Morgan fingerprint density at radius 1 is 1.02 bits per heavy atom. The highest BCUT2D eigenvalue weighted by atomic mass is 32.1. The lowest BCUT2D eigenvalue weighted by Gasteiger charge is -2.22. The summed E-state index contributed by atoms with van der Waals surface area (Å²) >= 11 is 1.23. The molecule has 0 radical (unpaired) electrons. The summed E-state index contributed by atoms with van der Waals surface area (Å²) in [5.74, 6) is -3.20.